The number of carbonyl (C=O) groups excluding carboxylic acids is 1. The van der Waals surface area contributed by atoms with E-state index in [1.165, 1.54) is 6.92 Å². The summed E-state index contributed by atoms with van der Waals surface area (Å²) in [7, 11) is 0. The third-order valence-electron chi connectivity index (χ3n) is 17.7. The van der Waals surface area contributed by atoms with Crippen molar-refractivity contribution in [1.29, 1.82) is 0 Å². The highest BCUT2D eigenvalue weighted by Gasteiger charge is 2.64. The number of carbonyl (C=O) groups is 1. The van der Waals surface area contributed by atoms with E-state index in [0.29, 0.717) is 37.0 Å². The van der Waals surface area contributed by atoms with Crippen LogP contribution in [-0.2, 0) is 38.0 Å². The second kappa shape index (κ2) is 18.3. The van der Waals surface area contributed by atoms with Crippen LogP contribution in [0.2, 0.25) is 0 Å². The van der Waals surface area contributed by atoms with E-state index in [1.807, 2.05) is 0 Å². The molecule has 8 aliphatic rings. The van der Waals surface area contributed by atoms with Crippen LogP contribution in [0.3, 0.4) is 0 Å². The molecule has 4 saturated carbocycles. The van der Waals surface area contributed by atoms with E-state index in [-0.39, 0.29) is 46.4 Å². The Balaban J connectivity index is 0.917. The molecule has 4 heterocycles. The third kappa shape index (κ3) is 8.27. The minimum atomic E-state index is -1.67. The first-order chi connectivity index (χ1) is 29.3. The topological polar surface area (TPSA) is 264 Å². The summed E-state index contributed by atoms with van der Waals surface area (Å²) in [4.78, 5) is 14.4. The predicted molar refractivity (Wildman–Crippen MR) is 215 cm³/mol. The number of Topliss-reactive ketones (excluding diaryl/α,β-unsaturated/α-hetero) is 1. The fourth-order valence-corrected chi connectivity index (χ4v) is 13.8. The van der Waals surface area contributed by atoms with Gasteiger partial charge in [-0.25, -0.2) is 0 Å². The predicted octanol–water partition coefficient (Wildman–Crippen LogP) is 0.483. The molecule has 4 aliphatic heterocycles. The lowest BCUT2D eigenvalue weighted by molar-refractivity contribution is -0.370. The average molecular weight is 887 g/mol. The Kier molecular flexibility index (Phi) is 14.0. The van der Waals surface area contributed by atoms with Crippen molar-refractivity contribution in [3.8, 4) is 0 Å². The summed E-state index contributed by atoms with van der Waals surface area (Å²) in [6, 6.07) is 0. The first-order valence-electron chi connectivity index (χ1n) is 23.4. The van der Waals surface area contributed by atoms with Gasteiger partial charge in [-0.05, 0) is 112 Å². The van der Waals surface area contributed by atoms with E-state index in [2.05, 4.69) is 27.7 Å². The van der Waals surface area contributed by atoms with Gasteiger partial charge in [-0.1, -0.05) is 27.7 Å². The second-order valence-electron chi connectivity index (χ2n) is 21.1. The zero-order valence-corrected chi connectivity index (χ0v) is 37.0. The molecule has 0 spiro atoms. The van der Waals surface area contributed by atoms with Gasteiger partial charge in [-0.15, -0.1) is 0 Å². The van der Waals surface area contributed by atoms with E-state index in [4.69, 9.17) is 33.2 Å². The lowest BCUT2D eigenvalue weighted by Crippen LogP contribution is -2.64. The number of hydrogen-bond donors (Lipinski definition) is 9. The van der Waals surface area contributed by atoms with Gasteiger partial charge in [0, 0.05) is 18.3 Å². The molecule has 0 aromatic heterocycles. The van der Waals surface area contributed by atoms with E-state index < -0.39 is 111 Å². The van der Waals surface area contributed by atoms with E-state index in [9.17, 15) is 50.8 Å². The molecule has 0 unspecified atom stereocenters. The van der Waals surface area contributed by atoms with Gasteiger partial charge < -0.3 is 79.1 Å². The highest BCUT2D eigenvalue weighted by Crippen LogP contribution is 2.68. The normalized spacial score (nSPS) is 56.4. The molecule has 4 saturated heterocycles. The van der Waals surface area contributed by atoms with Crippen molar-refractivity contribution in [3.63, 3.8) is 0 Å². The van der Waals surface area contributed by atoms with Crippen molar-refractivity contribution in [2.24, 2.45) is 52.3 Å². The lowest BCUT2D eigenvalue weighted by atomic mass is 9.44. The molecule has 0 aromatic rings. The maximum absolute atomic E-state index is 14.4. The van der Waals surface area contributed by atoms with Crippen LogP contribution in [-0.4, -0.2) is 169 Å². The van der Waals surface area contributed by atoms with Gasteiger partial charge in [0.25, 0.3) is 0 Å². The van der Waals surface area contributed by atoms with Crippen LogP contribution in [0.5, 0.6) is 0 Å². The molecule has 0 radical (unpaired) electrons. The average Bonchev–Trinajstić information content (AvgIpc) is 3.60. The number of fused-ring (bicyclic) bond motifs is 5. The molecule has 17 heteroatoms. The Bertz CT molecular complexity index is 1560. The number of aliphatic hydroxyl groups is 9. The molecule has 8 rings (SSSR count). The maximum Gasteiger partial charge on any atom is 0.189 e. The Morgan fingerprint density at radius 1 is 0.629 bits per heavy atom. The number of ether oxygens (including phenoxy) is 7. The van der Waals surface area contributed by atoms with Crippen LogP contribution in [0.15, 0.2) is 0 Å². The Morgan fingerprint density at radius 2 is 1.24 bits per heavy atom. The summed E-state index contributed by atoms with van der Waals surface area (Å²) in [5.41, 5.74) is -0.222. The van der Waals surface area contributed by atoms with Gasteiger partial charge in [0.05, 0.1) is 31.0 Å². The summed E-state index contributed by atoms with van der Waals surface area (Å²) >= 11 is 0. The molecule has 62 heavy (non-hydrogen) atoms. The second-order valence-corrected chi connectivity index (χ2v) is 21.1. The number of rotatable bonds is 9. The third-order valence-corrected chi connectivity index (χ3v) is 17.7. The van der Waals surface area contributed by atoms with E-state index >= 15 is 0 Å². The van der Waals surface area contributed by atoms with Gasteiger partial charge in [-0.3, -0.25) is 4.79 Å². The molecule has 0 amide bonds. The molecule has 356 valence electrons. The van der Waals surface area contributed by atoms with Gasteiger partial charge in [0.2, 0.25) is 0 Å². The van der Waals surface area contributed by atoms with Crippen molar-refractivity contribution in [1.82, 2.24) is 0 Å². The van der Waals surface area contributed by atoms with Gasteiger partial charge in [0.15, 0.2) is 25.2 Å². The SMILES string of the molecule is C[C@H]([C@@H]1CC[C@@H](C)[C@H](O[C@H]2O[C@@H](C)[C@H](O)[C@@H](O)[C@@H]2O)O1)[C@H]1CC[C@H]2[C@@H]3CC(=O)[C@@H]4C[C@@H](O[C@H]5O[C@@H](CO)[C@H](O)[C@@H](O)[C@@H]5O[C@H]5O[C@@H](C)[C@H](O)[C@@H](O)[C@@H]5O)CC[C@@]4(C)[C@@H]3CC[C@]12C. The van der Waals surface area contributed by atoms with Crippen molar-refractivity contribution in [2.45, 2.75) is 216 Å². The Labute approximate surface area is 364 Å². The standard InChI is InChI=1S/C45H74O17/c1-18-7-10-29(59-40(18)62-42-38(55)35(52)32(49)21(4)57-42)19(2)24-8-9-25-23-16-28(47)27-15-22(11-13-45(27,6)26(23)12-14-44(24,25)5)58-43-39(36(53)33(50)30(17-46)60-43)61-41-37(54)34(51)31(48)20(3)56-41/h18-27,29-43,46,48-55H,7-17H2,1-6H3/t18-,19+,20+,21+,22+,23+,24-,25+,26-,27+,29+,30+,31+,32+,33+,34-,35-,36-,37+,38+,39+,40+,41-,42-,43+,44-,45+/m1/s1. The molecule has 27 atom stereocenters. The highest BCUT2D eigenvalue weighted by molar-refractivity contribution is 5.83. The lowest BCUT2D eigenvalue weighted by Gasteiger charge is -2.61. The Hall–Kier alpha value is -0.970. The smallest absolute Gasteiger partial charge is 0.189 e. The van der Waals surface area contributed by atoms with E-state index in [0.717, 1.165) is 44.9 Å². The van der Waals surface area contributed by atoms with E-state index in [1.54, 1.807) is 6.92 Å². The molecular formula is C45H74O17. The minimum Gasteiger partial charge on any atom is -0.394 e. The number of ketones is 1. The van der Waals surface area contributed by atoms with Crippen molar-refractivity contribution in [3.05, 3.63) is 0 Å². The minimum absolute atomic E-state index is 0.0229. The van der Waals surface area contributed by atoms with Crippen molar-refractivity contribution in [2.75, 3.05) is 6.61 Å². The van der Waals surface area contributed by atoms with Crippen LogP contribution < -0.4 is 0 Å². The summed E-state index contributed by atoms with van der Waals surface area (Å²) in [5, 5.41) is 94.4. The maximum atomic E-state index is 14.4. The largest absolute Gasteiger partial charge is 0.394 e. The fraction of sp³-hybridized carbons (Fsp3) is 0.978. The van der Waals surface area contributed by atoms with Crippen LogP contribution in [0.25, 0.3) is 0 Å². The number of aliphatic hydroxyl groups excluding tert-OH is 9. The zero-order valence-electron chi connectivity index (χ0n) is 37.0. The summed E-state index contributed by atoms with van der Waals surface area (Å²) in [6.07, 6.45) is -13.0. The van der Waals surface area contributed by atoms with Crippen LogP contribution >= 0.6 is 0 Å². The van der Waals surface area contributed by atoms with Gasteiger partial charge in [-0.2, -0.15) is 0 Å². The van der Waals surface area contributed by atoms with Gasteiger partial charge in [0.1, 0.15) is 66.8 Å². The number of hydrogen-bond acceptors (Lipinski definition) is 17. The molecule has 0 bridgehead atoms. The van der Waals surface area contributed by atoms with Crippen LogP contribution in [0.1, 0.15) is 106 Å². The summed E-state index contributed by atoms with van der Waals surface area (Å²) < 4.78 is 42.7. The van der Waals surface area contributed by atoms with Crippen molar-refractivity contribution >= 4 is 5.78 Å². The summed E-state index contributed by atoms with van der Waals surface area (Å²) in [5.74, 6) is 1.60. The van der Waals surface area contributed by atoms with Crippen LogP contribution in [0.4, 0.5) is 0 Å². The first kappa shape index (κ1) is 47.5. The zero-order chi connectivity index (χ0) is 44.7. The molecule has 8 fully saturated rings. The fourth-order valence-electron chi connectivity index (χ4n) is 13.8. The molecule has 0 aromatic carbocycles. The van der Waals surface area contributed by atoms with Crippen molar-refractivity contribution < 1.29 is 83.9 Å². The summed E-state index contributed by atoms with van der Waals surface area (Å²) in [6.45, 7) is 11.6. The van der Waals surface area contributed by atoms with Crippen LogP contribution in [0, 0.1) is 52.3 Å². The first-order valence-corrected chi connectivity index (χ1v) is 23.4. The Morgan fingerprint density at radius 3 is 1.89 bits per heavy atom. The highest BCUT2D eigenvalue weighted by atomic mass is 16.8. The molecule has 17 nitrogen and oxygen atoms in total. The monoisotopic (exact) mass is 886 g/mol. The quantitative estimate of drug-likeness (QED) is 0.143. The van der Waals surface area contributed by atoms with Gasteiger partial charge >= 0.3 is 0 Å². The molecule has 9 N–H and O–H groups in total. The molecular weight excluding hydrogens is 812 g/mol. The molecule has 4 aliphatic carbocycles.